The molecule has 0 unspecified atom stereocenters. The molecule has 0 aromatic heterocycles. The van der Waals surface area contributed by atoms with Crippen LogP contribution in [-0.4, -0.2) is 13.2 Å². The molecule has 1 rings (SSSR count). The van der Waals surface area contributed by atoms with Crippen molar-refractivity contribution >= 4 is 0 Å². The summed E-state index contributed by atoms with van der Waals surface area (Å²) in [5.74, 6) is 1.70. The van der Waals surface area contributed by atoms with Crippen LogP contribution >= 0.6 is 0 Å². The van der Waals surface area contributed by atoms with Gasteiger partial charge in [0.1, 0.15) is 17.6 Å². The van der Waals surface area contributed by atoms with E-state index in [1.54, 1.807) is 7.11 Å². The highest BCUT2D eigenvalue weighted by Crippen LogP contribution is 2.19. The van der Waals surface area contributed by atoms with Crippen LogP contribution in [0.4, 0.5) is 0 Å². The smallest absolute Gasteiger partial charge is 0.120 e. The molecular weight excluding hydrogens is 188 g/mol. The van der Waals surface area contributed by atoms with Crippen LogP contribution in [0.2, 0.25) is 0 Å². The van der Waals surface area contributed by atoms with Gasteiger partial charge in [0.15, 0.2) is 0 Å². The number of hydrogen-bond donors (Lipinski definition) is 0. The molecule has 0 spiro atoms. The van der Waals surface area contributed by atoms with Gasteiger partial charge in [-0.05, 0) is 30.7 Å². The van der Waals surface area contributed by atoms with E-state index in [2.05, 4.69) is 13.5 Å². The first-order valence-corrected chi connectivity index (χ1v) is 5.23. The van der Waals surface area contributed by atoms with Crippen LogP contribution in [-0.2, 0) is 0 Å². The molecule has 0 heterocycles. The standard InChI is InChI=1S/C13H18O2/c1-4-6-11(5-2)15-13-9-7-12(14-3)8-10-13/h5,7-11H,2,4,6H2,1,3H3/t11-/m0/s1. The highest BCUT2D eigenvalue weighted by molar-refractivity contribution is 5.31. The first kappa shape index (κ1) is 11.6. The third-order valence-electron chi connectivity index (χ3n) is 2.18. The predicted molar refractivity (Wildman–Crippen MR) is 62.5 cm³/mol. The van der Waals surface area contributed by atoms with Crippen LogP contribution in [0.15, 0.2) is 36.9 Å². The summed E-state index contributed by atoms with van der Waals surface area (Å²) in [6.07, 6.45) is 4.03. The number of rotatable bonds is 6. The van der Waals surface area contributed by atoms with E-state index in [1.165, 1.54) is 0 Å². The van der Waals surface area contributed by atoms with Gasteiger partial charge in [-0.1, -0.05) is 26.0 Å². The Balaban J connectivity index is 2.58. The Labute approximate surface area is 91.5 Å². The zero-order valence-corrected chi connectivity index (χ0v) is 9.40. The molecule has 1 aromatic rings. The molecule has 0 amide bonds. The van der Waals surface area contributed by atoms with Gasteiger partial charge in [-0.2, -0.15) is 0 Å². The van der Waals surface area contributed by atoms with E-state index >= 15 is 0 Å². The maximum absolute atomic E-state index is 5.73. The average Bonchev–Trinajstić information content (AvgIpc) is 2.29. The van der Waals surface area contributed by atoms with E-state index in [0.717, 1.165) is 24.3 Å². The second-order valence-electron chi connectivity index (χ2n) is 3.36. The van der Waals surface area contributed by atoms with E-state index in [9.17, 15) is 0 Å². The summed E-state index contributed by atoms with van der Waals surface area (Å²) in [5.41, 5.74) is 0. The predicted octanol–water partition coefficient (Wildman–Crippen LogP) is 3.43. The molecule has 0 saturated heterocycles. The summed E-state index contributed by atoms with van der Waals surface area (Å²) in [6, 6.07) is 7.60. The van der Waals surface area contributed by atoms with Crippen LogP contribution in [0.5, 0.6) is 11.5 Å². The Kier molecular flexibility index (Phi) is 4.75. The monoisotopic (exact) mass is 206 g/mol. The molecule has 0 aliphatic heterocycles. The summed E-state index contributed by atoms with van der Waals surface area (Å²) in [7, 11) is 1.65. The molecule has 0 radical (unpaired) electrons. The van der Waals surface area contributed by atoms with Crippen molar-refractivity contribution in [3.05, 3.63) is 36.9 Å². The largest absolute Gasteiger partial charge is 0.497 e. The lowest BCUT2D eigenvalue weighted by molar-refractivity contribution is 0.237. The molecule has 0 aliphatic rings. The Morgan fingerprint density at radius 1 is 1.27 bits per heavy atom. The molecule has 2 heteroatoms. The second kappa shape index (κ2) is 6.12. The SMILES string of the molecule is C=C[C@@H](CCC)Oc1ccc(OC)cc1. The van der Waals surface area contributed by atoms with Gasteiger partial charge in [-0.25, -0.2) is 0 Å². The van der Waals surface area contributed by atoms with Crippen LogP contribution in [0.25, 0.3) is 0 Å². The van der Waals surface area contributed by atoms with E-state index in [1.807, 2.05) is 30.3 Å². The van der Waals surface area contributed by atoms with Crippen molar-refractivity contribution in [3.8, 4) is 11.5 Å². The topological polar surface area (TPSA) is 18.5 Å². The lowest BCUT2D eigenvalue weighted by Gasteiger charge is -2.14. The lowest BCUT2D eigenvalue weighted by atomic mass is 10.2. The fraction of sp³-hybridized carbons (Fsp3) is 0.385. The highest BCUT2D eigenvalue weighted by Gasteiger charge is 2.04. The molecule has 0 bridgehead atoms. The number of hydrogen-bond acceptors (Lipinski definition) is 2. The van der Waals surface area contributed by atoms with Gasteiger partial charge >= 0.3 is 0 Å². The van der Waals surface area contributed by atoms with Gasteiger partial charge in [0, 0.05) is 0 Å². The van der Waals surface area contributed by atoms with E-state index in [0.29, 0.717) is 0 Å². The molecule has 0 saturated carbocycles. The van der Waals surface area contributed by atoms with E-state index in [4.69, 9.17) is 9.47 Å². The van der Waals surface area contributed by atoms with Crippen molar-refractivity contribution in [1.29, 1.82) is 0 Å². The molecular formula is C13H18O2. The van der Waals surface area contributed by atoms with Gasteiger partial charge in [0.2, 0.25) is 0 Å². The zero-order valence-electron chi connectivity index (χ0n) is 9.40. The zero-order chi connectivity index (χ0) is 11.1. The summed E-state index contributed by atoms with van der Waals surface area (Å²) in [4.78, 5) is 0. The third-order valence-corrected chi connectivity index (χ3v) is 2.18. The van der Waals surface area contributed by atoms with E-state index < -0.39 is 0 Å². The number of methoxy groups -OCH3 is 1. The van der Waals surface area contributed by atoms with Crippen LogP contribution in [0.1, 0.15) is 19.8 Å². The maximum atomic E-state index is 5.73. The Morgan fingerprint density at radius 3 is 2.33 bits per heavy atom. The molecule has 82 valence electrons. The molecule has 2 nitrogen and oxygen atoms in total. The molecule has 15 heavy (non-hydrogen) atoms. The van der Waals surface area contributed by atoms with Crippen molar-refractivity contribution in [1.82, 2.24) is 0 Å². The number of benzene rings is 1. The van der Waals surface area contributed by atoms with Crippen LogP contribution in [0.3, 0.4) is 0 Å². The fourth-order valence-corrected chi connectivity index (χ4v) is 1.34. The maximum Gasteiger partial charge on any atom is 0.120 e. The van der Waals surface area contributed by atoms with Gasteiger partial charge in [0.05, 0.1) is 7.11 Å². The van der Waals surface area contributed by atoms with Crippen LogP contribution < -0.4 is 9.47 Å². The van der Waals surface area contributed by atoms with Gasteiger partial charge in [0.25, 0.3) is 0 Å². The summed E-state index contributed by atoms with van der Waals surface area (Å²) in [6.45, 7) is 5.89. The van der Waals surface area contributed by atoms with E-state index in [-0.39, 0.29) is 6.10 Å². The molecule has 0 aliphatic carbocycles. The Bertz CT molecular complexity index is 290. The van der Waals surface area contributed by atoms with Crippen molar-refractivity contribution in [2.75, 3.05) is 7.11 Å². The molecule has 0 N–H and O–H groups in total. The number of ether oxygens (including phenoxy) is 2. The normalized spacial score (nSPS) is 11.9. The van der Waals surface area contributed by atoms with Crippen molar-refractivity contribution in [2.24, 2.45) is 0 Å². The molecule has 1 atom stereocenters. The van der Waals surface area contributed by atoms with Crippen molar-refractivity contribution in [3.63, 3.8) is 0 Å². The minimum atomic E-state index is 0.100. The summed E-state index contributed by atoms with van der Waals surface area (Å²) in [5, 5.41) is 0. The molecule has 0 fully saturated rings. The summed E-state index contributed by atoms with van der Waals surface area (Å²) < 4.78 is 10.8. The minimum absolute atomic E-state index is 0.100. The highest BCUT2D eigenvalue weighted by atomic mass is 16.5. The minimum Gasteiger partial charge on any atom is -0.497 e. The quantitative estimate of drug-likeness (QED) is 0.664. The van der Waals surface area contributed by atoms with Gasteiger partial charge in [-0.3, -0.25) is 0 Å². The lowest BCUT2D eigenvalue weighted by Crippen LogP contribution is -2.12. The van der Waals surface area contributed by atoms with Crippen molar-refractivity contribution < 1.29 is 9.47 Å². The first-order chi connectivity index (χ1) is 7.30. The Morgan fingerprint density at radius 2 is 1.87 bits per heavy atom. The second-order valence-corrected chi connectivity index (χ2v) is 3.36. The average molecular weight is 206 g/mol. The van der Waals surface area contributed by atoms with Crippen LogP contribution in [0, 0.1) is 0 Å². The Hall–Kier alpha value is -1.44. The van der Waals surface area contributed by atoms with Gasteiger partial charge in [-0.15, -0.1) is 0 Å². The first-order valence-electron chi connectivity index (χ1n) is 5.23. The summed E-state index contributed by atoms with van der Waals surface area (Å²) >= 11 is 0. The third kappa shape index (κ3) is 3.66. The molecule has 1 aromatic carbocycles. The van der Waals surface area contributed by atoms with Gasteiger partial charge < -0.3 is 9.47 Å². The fourth-order valence-electron chi connectivity index (χ4n) is 1.34. The van der Waals surface area contributed by atoms with Crippen molar-refractivity contribution in [2.45, 2.75) is 25.9 Å².